The van der Waals surface area contributed by atoms with Crippen LogP contribution in [0.3, 0.4) is 0 Å². The highest BCUT2D eigenvalue weighted by Crippen LogP contribution is 2.46. The van der Waals surface area contributed by atoms with Crippen molar-refractivity contribution in [2.75, 3.05) is 13.1 Å². The van der Waals surface area contributed by atoms with E-state index in [0.29, 0.717) is 29.5 Å². The molecule has 0 aromatic carbocycles. The first-order valence-corrected chi connectivity index (χ1v) is 11.4. The number of hydrogen-bond donors (Lipinski definition) is 1. The lowest BCUT2D eigenvalue weighted by Gasteiger charge is -2.40. The molecule has 2 fully saturated rings. The number of hydrogen-bond acceptors (Lipinski definition) is 6. The topological polar surface area (TPSA) is 83.6 Å². The third-order valence-corrected chi connectivity index (χ3v) is 9.34. The summed E-state index contributed by atoms with van der Waals surface area (Å²) in [6, 6.07) is 5.21. The van der Waals surface area contributed by atoms with Crippen molar-refractivity contribution in [2.24, 2.45) is 11.8 Å². The van der Waals surface area contributed by atoms with Crippen molar-refractivity contribution in [3.63, 3.8) is 0 Å². The second kappa shape index (κ2) is 6.44. The fourth-order valence-electron chi connectivity index (χ4n) is 4.42. The number of aliphatic hydroxyl groups is 1. The van der Waals surface area contributed by atoms with E-state index in [1.54, 1.807) is 22.5 Å². The van der Waals surface area contributed by atoms with Crippen molar-refractivity contribution >= 4 is 21.4 Å². The van der Waals surface area contributed by atoms with Crippen LogP contribution in [-0.2, 0) is 10.0 Å². The molecule has 4 rings (SSSR count). The van der Waals surface area contributed by atoms with E-state index in [-0.39, 0.29) is 11.8 Å². The molecule has 8 heteroatoms. The summed E-state index contributed by atoms with van der Waals surface area (Å²) in [6.07, 6.45) is 3.40. The molecule has 0 unspecified atom stereocenters. The molecule has 0 bridgehead atoms. The summed E-state index contributed by atoms with van der Waals surface area (Å²) < 4.78 is 33.4. The number of sulfonamides is 1. The van der Waals surface area contributed by atoms with Crippen LogP contribution in [0.2, 0.25) is 0 Å². The largest absolute Gasteiger partial charge is 0.390 e. The average Bonchev–Trinajstić information content (AvgIpc) is 3.33. The molecule has 1 saturated heterocycles. The Labute approximate surface area is 157 Å². The van der Waals surface area contributed by atoms with E-state index in [1.807, 2.05) is 13.8 Å². The fraction of sp³-hybridized carbons (Fsp3) is 0.611. The monoisotopic (exact) mass is 396 g/mol. The second-order valence-corrected chi connectivity index (χ2v) is 10.7. The minimum absolute atomic E-state index is 0.0346. The van der Waals surface area contributed by atoms with E-state index in [2.05, 4.69) is 5.16 Å². The van der Waals surface area contributed by atoms with Gasteiger partial charge in [0, 0.05) is 25.1 Å². The van der Waals surface area contributed by atoms with Crippen LogP contribution in [0, 0.1) is 18.8 Å². The molecule has 26 heavy (non-hydrogen) atoms. The molecular formula is C18H24N2O4S2. The SMILES string of the molecule is CC[C@@]1(O)CCC[C@@H]2CN(S(=O)(=O)c3ccc(-c4cc(C)no4)s3)C[C@@H]21. The van der Waals surface area contributed by atoms with E-state index in [0.717, 1.165) is 29.8 Å². The Hall–Kier alpha value is -1.22. The van der Waals surface area contributed by atoms with Gasteiger partial charge in [0.25, 0.3) is 10.0 Å². The van der Waals surface area contributed by atoms with Crippen molar-refractivity contribution in [3.8, 4) is 10.6 Å². The minimum Gasteiger partial charge on any atom is -0.390 e. The molecule has 1 aliphatic carbocycles. The van der Waals surface area contributed by atoms with Gasteiger partial charge in [-0.15, -0.1) is 11.3 Å². The van der Waals surface area contributed by atoms with Gasteiger partial charge in [0.05, 0.1) is 16.2 Å². The summed E-state index contributed by atoms with van der Waals surface area (Å²) in [7, 11) is -3.56. The van der Waals surface area contributed by atoms with Gasteiger partial charge in [-0.3, -0.25) is 0 Å². The van der Waals surface area contributed by atoms with Gasteiger partial charge in [0.15, 0.2) is 5.76 Å². The zero-order valence-corrected chi connectivity index (χ0v) is 16.6. The van der Waals surface area contributed by atoms with E-state index in [9.17, 15) is 13.5 Å². The zero-order chi connectivity index (χ0) is 18.5. The first-order valence-electron chi connectivity index (χ1n) is 9.09. The molecule has 1 aliphatic heterocycles. The van der Waals surface area contributed by atoms with Crippen molar-refractivity contribution in [1.29, 1.82) is 0 Å². The first-order chi connectivity index (χ1) is 12.3. The summed E-state index contributed by atoms with van der Waals surface area (Å²) in [5.74, 6) is 0.872. The summed E-state index contributed by atoms with van der Waals surface area (Å²) in [4.78, 5) is 0.755. The van der Waals surface area contributed by atoms with Crippen LogP contribution < -0.4 is 0 Å². The summed E-state index contributed by atoms with van der Waals surface area (Å²) in [5.41, 5.74) is 0.0332. The predicted molar refractivity (Wildman–Crippen MR) is 99.4 cm³/mol. The lowest BCUT2D eigenvalue weighted by atomic mass is 9.69. The van der Waals surface area contributed by atoms with Crippen molar-refractivity contribution < 1.29 is 18.0 Å². The Morgan fingerprint density at radius 2 is 2.23 bits per heavy atom. The number of aromatic nitrogens is 1. The molecule has 1 saturated carbocycles. The van der Waals surface area contributed by atoms with Crippen LogP contribution >= 0.6 is 11.3 Å². The zero-order valence-electron chi connectivity index (χ0n) is 15.0. The Kier molecular flexibility index (Phi) is 4.50. The highest BCUT2D eigenvalue weighted by atomic mass is 32.2. The Morgan fingerprint density at radius 3 is 2.92 bits per heavy atom. The van der Waals surface area contributed by atoms with Crippen LogP contribution in [0.4, 0.5) is 0 Å². The summed E-state index contributed by atoms with van der Waals surface area (Å²) in [5, 5.41) is 14.8. The molecule has 2 aliphatic rings. The maximum atomic E-state index is 13.1. The number of fused-ring (bicyclic) bond motifs is 1. The first kappa shape index (κ1) is 18.2. The van der Waals surface area contributed by atoms with Crippen LogP contribution in [0.25, 0.3) is 10.6 Å². The molecule has 3 heterocycles. The number of nitrogens with zero attached hydrogens (tertiary/aromatic N) is 2. The van der Waals surface area contributed by atoms with Gasteiger partial charge in [-0.2, -0.15) is 4.31 Å². The number of aryl methyl sites for hydroxylation is 1. The van der Waals surface area contributed by atoms with Gasteiger partial charge in [0.1, 0.15) is 4.21 Å². The molecule has 3 atom stereocenters. The van der Waals surface area contributed by atoms with Crippen molar-refractivity contribution in [3.05, 3.63) is 23.9 Å². The Morgan fingerprint density at radius 1 is 1.42 bits per heavy atom. The standard InChI is InChI=1S/C18H24N2O4S2/c1-3-18(21)8-4-5-13-10-20(11-14(13)18)26(22,23)17-7-6-16(25-17)15-9-12(2)19-24-15/h6-7,9,13-14,21H,3-5,8,10-11H2,1-2H3/t13-,14+,18-/m1/s1. The van der Waals surface area contributed by atoms with Gasteiger partial charge < -0.3 is 9.63 Å². The van der Waals surface area contributed by atoms with Crippen LogP contribution in [0.1, 0.15) is 38.3 Å². The molecule has 142 valence electrons. The molecule has 2 aromatic rings. The molecule has 0 amide bonds. The molecule has 1 N–H and O–H groups in total. The lowest BCUT2D eigenvalue weighted by molar-refractivity contribution is -0.0605. The summed E-state index contributed by atoms with van der Waals surface area (Å²) >= 11 is 1.21. The van der Waals surface area contributed by atoms with Gasteiger partial charge in [-0.05, 0) is 44.2 Å². The predicted octanol–water partition coefficient (Wildman–Crippen LogP) is 3.27. The quantitative estimate of drug-likeness (QED) is 0.857. The van der Waals surface area contributed by atoms with Crippen molar-refractivity contribution in [1.82, 2.24) is 9.46 Å². The highest BCUT2D eigenvalue weighted by Gasteiger charge is 2.50. The Balaban J connectivity index is 1.59. The Bertz CT molecular complexity index is 904. The normalized spacial score (nSPS) is 29.8. The molecule has 2 aromatic heterocycles. The highest BCUT2D eigenvalue weighted by molar-refractivity contribution is 7.91. The maximum absolute atomic E-state index is 13.1. The smallest absolute Gasteiger partial charge is 0.252 e. The van der Waals surface area contributed by atoms with Gasteiger partial charge in [-0.25, -0.2) is 8.42 Å². The van der Waals surface area contributed by atoms with E-state index in [4.69, 9.17) is 4.52 Å². The third kappa shape index (κ3) is 2.93. The summed E-state index contributed by atoms with van der Waals surface area (Å²) in [6.45, 7) is 4.74. The third-order valence-electron chi connectivity index (χ3n) is 5.94. The fourth-order valence-corrected chi connectivity index (χ4v) is 7.35. The van der Waals surface area contributed by atoms with E-state index >= 15 is 0 Å². The molecule has 6 nitrogen and oxygen atoms in total. The minimum atomic E-state index is -3.56. The van der Waals surface area contributed by atoms with Gasteiger partial charge >= 0.3 is 0 Å². The van der Waals surface area contributed by atoms with E-state index in [1.165, 1.54) is 11.3 Å². The van der Waals surface area contributed by atoms with Crippen LogP contribution in [0.15, 0.2) is 26.9 Å². The second-order valence-electron chi connectivity index (χ2n) is 7.49. The molecule has 0 radical (unpaired) electrons. The van der Waals surface area contributed by atoms with Crippen molar-refractivity contribution in [2.45, 2.75) is 49.3 Å². The van der Waals surface area contributed by atoms with Crippen LogP contribution in [0.5, 0.6) is 0 Å². The van der Waals surface area contributed by atoms with E-state index < -0.39 is 15.6 Å². The van der Waals surface area contributed by atoms with Crippen LogP contribution in [-0.4, -0.2) is 41.7 Å². The number of rotatable bonds is 4. The lowest BCUT2D eigenvalue weighted by Crippen LogP contribution is -2.44. The van der Waals surface area contributed by atoms with Gasteiger partial charge in [0.2, 0.25) is 0 Å². The molecular weight excluding hydrogens is 372 g/mol. The molecule has 0 spiro atoms. The number of thiophene rings is 1. The van der Waals surface area contributed by atoms with Gasteiger partial charge in [-0.1, -0.05) is 18.5 Å². The maximum Gasteiger partial charge on any atom is 0.252 e. The average molecular weight is 397 g/mol.